The van der Waals surface area contributed by atoms with Crippen molar-refractivity contribution in [3.63, 3.8) is 0 Å². The molecule has 0 fully saturated rings. The molecule has 2 aromatic carbocycles. The number of ether oxygens (including phenoxy) is 1. The molecule has 2 atom stereocenters. The Hall–Kier alpha value is -4.37. The number of cyclic esters (lactones) is 1. The summed E-state index contributed by atoms with van der Waals surface area (Å²) in [4.78, 5) is 17.5. The second-order valence-electron chi connectivity index (χ2n) is 12.2. The third kappa shape index (κ3) is 8.42. The molecule has 1 aliphatic heterocycles. The highest BCUT2D eigenvalue weighted by Crippen LogP contribution is 2.48. The van der Waals surface area contributed by atoms with Crippen LogP contribution in [-0.2, 0) is 26.0 Å². The Kier molecular flexibility index (Phi) is 9.63. The zero-order chi connectivity index (χ0) is 33.0. The van der Waals surface area contributed by atoms with E-state index in [0.717, 1.165) is 11.8 Å². The van der Waals surface area contributed by atoms with Crippen molar-refractivity contribution in [3.8, 4) is 6.07 Å². The van der Waals surface area contributed by atoms with Gasteiger partial charge in [-0.3, -0.25) is 4.72 Å². The molecular formula is C33H34F3N3O5S. The first-order chi connectivity index (χ1) is 21.0. The van der Waals surface area contributed by atoms with Crippen molar-refractivity contribution >= 4 is 21.7 Å². The first kappa shape index (κ1) is 33.5. The molecule has 0 bridgehead atoms. The van der Waals surface area contributed by atoms with Gasteiger partial charge in [0, 0.05) is 30.6 Å². The molecule has 2 N–H and O–H groups in total. The Morgan fingerprint density at radius 3 is 2.36 bits per heavy atom. The van der Waals surface area contributed by atoms with E-state index in [1.165, 1.54) is 24.3 Å². The summed E-state index contributed by atoms with van der Waals surface area (Å²) in [6, 6.07) is 19.8. The molecule has 0 amide bonds. The van der Waals surface area contributed by atoms with Crippen molar-refractivity contribution in [2.75, 3.05) is 4.72 Å². The average molecular weight is 642 g/mol. The third-order valence-corrected chi connectivity index (χ3v) is 8.97. The number of benzene rings is 2. The number of aryl methyl sites for hydroxylation is 1. The van der Waals surface area contributed by atoms with Gasteiger partial charge in [-0.2, -0.15) is 26.9 Å². The molecule has 45 heavy (non-hydrogen) atoms. The van der Waals surface area contributed by atoms with Crippen molar-refractivity contribution < 1.29 is 36.2 Å². The first-order valence-corrected chi connectivity index (χ1v) is 15.8. The molecule has 12 heteroatoms. The number of hydrogen-bond acceptors (Lipinski definition) is 7. The van der Waals surface area contributed by atoms with Crippen LogP contribution in [0.4, 0.5) is 18.9 Å². The number of pyridine rings is 1. The molecule has 0 saturated heterocycles. The fourth-order valence-electron chi connectivity index (χ4n) is 5.57. The summed E-state index contributed by atoms with van der Waals surface area (Å²) in [6.07, 6.45) is -4.91. The summed E-state index contributed by atoms with van der Waals surface area (Å²) in [5.41, 5.74) is -0.690. The summed E-state index contributed by atoms with van der Waals surface area (Å²) in [6.45, 7) is 5.47. The van der Waals surface area contributed by atoms with Gasteiger partial charge in [0.05, 0.1) is 11.1 Å². The van der Waals surface area contributed by atoms with Gasteiger partial charge in [-0.05, 0) is 60.1 Å². The molecule has 2 heterocycles. The number of aliphatic hydroxyl groups is 1. The monoisotopic (exact) mass is 641 g/mol. The average Bonchev–Trinajstić information content (AvgIpc) is 2.96. The SMILES string of the molecule is CC(C)(C)C(C1=C(O)C[C@](CCc2ccccc2)(CCC(F)(F)F)OC1=O)c1cccc(NS(=O)(=O)c2ccc(C#N)cn2)c1. The lowest BCUT2D eigenvalue weighted by Crippen LogP contribution is -2.43. The number of aliphatic hydroxyl groups excluding tert-OH is 1. The number of sulfonamides is 1. The van der Waals surface area contributed by atoms with E-state index in [2.05, 4.69) is 9.71 Å². The van der Waals surface area contributed by atoms with Crippen LogP contribution < -0.4 is 4.72 Å². The van der Waals surface area contributed by atoms with Gasteiger partial charge in [0.2, 0.25) is 0 Å². The molecular weight excluding hydrogens is 607 g/mol. The number of hydrogen-bond donors (Lipinski definition) is 2. The predicted molar refractivity (Wildman–Crippen MR) is 162 cm³/mol. The highest BCUT2D eigenvalue weighted by molar-refractivity contribution is 7.92. The van der Waals surface area contributed by atoms with Gasteiger partial charge in [-0.25, -0.2) is 9.78 Å². The van der Waals surface area contributed by atoms with Crippen molar-refractivity contribution in [1.29, 1.82) is 5.26 Å². The minimum Gasteiger partial charge on any atom is -0.512 e. The van der Waals surface area contributed by atoms with Crippen LogP contribution in [-0.4, -0.2) is 36.3 Å². The molecule has 4 rings (SSSR count). The highest BCUT2D eigenvalue weighted by Gasteiger charge is 2.47. The number of esters is 1. The van der Waals surface area contributed by atoms with Crippen molar-refractivity contribution in [3.05, 3.63) is 101 Å². The lowest BCUT2D eigenvalue weighted by atomic mass is 9.70. The van der Waals surface area contributed by atoms with E-state index in [0.29, 0.717) is 12.0 Å². The Labute approximate surface area is 260 Å². The Bertz CT molecular complexity index is 1710. The maximum absolute atomic E-state index is 13.7. The predicted octanol–water partition coefficient (Wildman–Crippen LogP) is 7.36. The number of carbonyl (C=O) groups is 1. The Balaban J connectivity index is 1.68. The van der Waals surface area contributed by atoms with Gasteiger partial charge in [-0.15, -0.1) is 0 Å². The summed E-state index contributed by atoms with van der Waals surface area (Å²) in [7, 11) is -4.14. The van der Waals surface area contributed by atoms with Crippen LogP contribution >= 0.6 is 0 Å². The van der Waals surface area contributed by atoms with Crippen LogP contribution in [0.2, 0.25) is 0 Å². The van der Waals surface area contributed by atoms with Gasteiger partial charge < -0.3 is 9.84 Å². The number of alkyl halides is 3. The van der Waals surface area contributed by atoms with Crippen molar-refractivity contribution in [1.82, 2.24) is 4.98 Å². The fourth-order valence-corrected chi connectivity index (χ4v) is 6.56. The number of carbonyl (C=O) groups excluding carboxylic acids is 1. The summed E-state index contributed by atoms with van der Waals surface area (Å²) in [5, 5.41) is 20.1. The standard InChI is InChI=1S/C33H34F3N3O5S/c1-31(2,3)29(24-10-7-11-25(18-24)39-45(42,43)27-13-12-23(20-37)21-38-27)28-26(40)19-32(44-30(28)41,16-17-33(34,35)36)15-14-22-8-5-4-6-9-22/h4-13,18,21,29,39-40H,14-17,19H2,1-3H3/t29?,32-/m0/s1. The zero-order valence-corrected chi connectivity index (χ0v) is 25.9. The molecule has 3 aromatic rings. The molecule has 1 unspecified atom stereocenters. The topological polar surface area (TPSA) is 129 Å². The van der Waals surface area contributed by atoms with Crippen LogP contribution in [0.3, 0.4) is 0 Å². The smallest absolute Gasteiger partial charge is 0.389 e. The van der Waals surface area contributed by atoms with Crippen LogP contribution in [0.25, 0.3) is 0 Å². The largest absolute Gasteiger partial charge is 0.512 e. The van der Waals surface area contributed by atoms with E-state index in [-0.39, 0.29) is 40.5 Å². The molecule has 0 aliphatic carbocycles. The van der Waals surface area contributed by atoms with Crippen LogP contribution in [0.15, 0.2) is 89.3 Å². The Morgan fingerprint density at radius 2 is 1.78 bits per heavy atom. The van der Waals surface area contributed by atoms with E-state index >= 15 is 0 Å². The quantitative estimate of drug-likeness (QED) is 0.221. The number of nitrogens with one attached hydrogen (secondary N) is 1. The highest BCUT2D eigenvalue weighted by atomic mass is 32.2. The van der Waals surface area contributed by atoms with Gasteiger partial charge in [0.1, 0.15) is 17.4 Å². The summed E-state index contributed by atoms with van der Waals surface area (Å²) < 4.78 is 74.3. The number of nitriles is 1. The van der Waals surface area contributed by atoms with E-state index < -0.39 is 51.9 Å². The van der Waals surface area contributed by atoms with Crippen LogP contribution in [0.5, 0.6) is 0 Å². The van der Waals surface area contributed by atoms with Gasteiger partial charge in [0.25, 0.3) is 10.0 Å². The van der Waals surface area contributed by atoms with E-state index in [9.17, 15) is 31.5 Å². The van der Waals surface area contributed by atoms with Gasteiger partial charge in [-0.1, -0.05) is 63.2 Å². The van der Waals surface area contributed by atoms with Crippen molar-refractivity contribution in [2.45, 2.75) is 75.6 Å². The van der Waals surface area contributed by atoms with E-state index in [1.54, 1.807) is 12.1 Å². The number of anilines is 1. The maximum atomic E-state index is 13.7. The number of halogens is 3. The van der Waals surface area contributed by atoms with Crippen LogP contribution in [0, 0.1) is 16.7 Å². The van der Waals surface area contributed by atoms with Gasteiger partial charge in [0.15, 0.2) is 5.03 Å². The Morgan fingerprint density at radius 1 is 1.07 bits per heavy atom. The second-order valence-corrected chi connectivity index (χ2v) is 13.9. The summed E-state index contributed by atoms with van der Waals surface area (Å²) >= 11 is 0. The third-order valence-electron chi connectivity index (χ3n) is 7.67. The summed E-state index contributed by atoms with van der Waals surface area (Å²) in [5.74, 6) is -2.08. The first-order valence-electron chi connectivity index (χ1n) is 14.3. The van der Waals surface area contributed by atoms with Crippen molar-refractivity contribution in [2.24, 2.45) is 5.41 Å². The minimum absolute atomic E-state index is 0.0804. The molecule has 8 nitrogen and oxygen atoms in total. The molecule has 0 radical (unpaired) electrons. The lowest BCUT2D eigenvalue weighted by Gasteiger charge is -2.41. The molecule has 1 aromatic heterocycles. The number of nitrogens with zero attached hydrogens (tertiary/aromatic N) is 2. The van der Waals surface area contributed by atoms with E-state index in [4.69, 9.17) is 10.00 Å². The van der Waals surface area contributed by atoms with Gasteiger partial charge >= 0.3 is 12.1 Å². The maximum Gasteiger partial charge on any atom is 0.389 e. The zero-order valence-electron chi connectivity index (χ0n) is 25.1. The second kappa shape index (κ2) is 12.9. The van der Waals surface area contributed by atoms with Crippen LogP contribution in [0.1, 0.15) is 69.1 Å². The number of aromatic nitrogens is 1. The fraction of sp³-hybridized carbons (Fsp3) is 0.364. The molecule has 238 valence electrons. The normalized spacial score (nSPS) is 18.2. The lowest BCUT2D eigenvalue weighted by molar-refractivity contribution is -0.174. The molecule has 1 aliphatic rings. The van der Waals surface area contributed by atoms with E-state index in [1.807, 2.05) is 57.2 Å². The minimum atomic E-state index is -4.49. The number of rotatable bonds is 10. The molecule has 0 spiro atoms. The molecule has 0 saturated carbocycles.